The third-order valence-electron chi connectivity index (χ3n) is 3.56. The number of nitrogens with one attached hydrogen (secondary N) is 1. The van der Waals surface area contributed by atoms with Gasteiger partial charge in [-0.2, -0.15) is 0 Å². The molecule has 0 radical (unpaired) electrons. The highest BCUT2D eigenvalue weighted by molar-refractivity contribution is 5.94. The van der Waals surface area contributed by atoms with Crippen molar-refractivity contribution in [3.05, 3.63) is 64.1 Å². The summed E-state index contributed by atoms with van der Waals surface area (Å²) in [6, 6.07) is 13.0. The van der Waals surface area contributed by atoms with Gasteiger partial charge in [0, 0.05) is 18.8 Å². The number of fused-ring (bicyclic) bond motifs is 1. The number of carbonyl (C=O) groups is 1. The van der Waals surface area contributed by atoms with Crippen LogP contribution in [-0.2, 0) is 18.3 Å². The molecule has 1 aromatic heterocycles. The summed E-state index contributed by atoms with van der Waals surface area (Å²) in [6.45, 7) is 2.01. The van der Waals surface area contributed by atoms with Gasteiger partial charge in [-0.25, -0.2) is 4.79 Å². The first-order valence-corrected chi connectivity index (χ1v) is 6.98. The maximum atomic E-state index is 12.1. The van der Waals surface area contributed by atoms with Gasteiger partial charge in [-0.05, 0) is 24.6 Å². The van der Waals surface area contributed by atoms with Crippen molar-refractivity contribution in [3.63, 3.8) is 0 Å². The third kappa shape index (κ3) is 2.79. The number of hydrogen-bond donors (Lipinski definition) is 1. The summed E-state index contributed by atoms with van der Waals surface area (Å²) in [4.78, 5) is 23.5. The number of amides is 1. The molecule has 0 bridgehead atoms. The van der Waals surface area contributed by atoms with E-state index in [1.54, 1.807) is 25.2 Å². The maximum Gasteiger partial charge on any atom is 0.419 e. The molecule has 3 aromatic rings. The predicted octanol–water partition coefficient (Wildman–Crippen LogP) is 2.62. The summed E-state index contributed by atoms with van der Waals surface area (Å²) >= 11 is 0. The van der Waals surface area contributed by atoms with E-state index in [0.717, 1.165) is 11.1 Å². The Bertz CT molecular complexity index is 888. The molecule has 5 heteroatoms. The van der Waals surface area contributed by atoms with E-state index >= 15 is 0 Å². The monoisotopic (exact) mass is 296 g/mol. The molecule has 0 unspecified atom stereocenters. The standard InChI is InChI=1S/C17H16N2O3/c1-11-3-5-12(6-4-11)9-16(20)18-13-7-8-14-15(10-13)22-17(21)19(14)2/h3-8,10H,9H2,1-2H3,(H,18,20). The Hall–Kier alpha value is -2.82. The Kier molecular flexibility index (Phi) is 3.55. The SMILES string of the molecule is Cc1ccc(CC(=O)Nc2ccc3c(c2)oc(=O)n3C)cc1. The van der Waals surface area contributed by atoms with Crippen molar-refractivity contribution < 1.29 is 9.21 Å². The average Bonchev–Trinajstić information content (AvgIpc) is 2.76. The van der Waals surface area contributed by atoms with E-state index in [9.17, 15) is 9.59 Å². The van der Waals surface area contributed by atoms with Crippen LogP contribution in [0.3, 0.4) is 0 Å². The van der Waals surface area contributed by atoms with Gasteiger partial charge in [0.15, 0.2) is 5.58 Å². The van der Waals surface area contributed by atoms with Crippen LogP contribution in [0.2, 0.25) is 0 Å². The molecule has 0 aliphatic rings. The highest BCUT2D eigenvalue weighted by atomic mass is 16.4. The molecule has 0 aliphatic carbocycles. The normalized spacial score (nSPS) is 10.8. The van der Waals surface area contributed by atoms with Crippen molar-refractivity contribution in [1.29, 1.82) is 0 Å². The highest BCUT2D eigenvalue weighted by Crippen LogP contribution is 2.18. The first-order valence-electron chi connectivity index (χ1n) is 6.98. The van der Waals surface area contributed by atoms with Gasteiger partial charge in [-0.3, -0.25) is 9.36 Å². The van der Waals surface area contributed by atoms with Crippen LogP contribution in [0.4, 0.5) is 5.69 Å². The second-order valence-electron chi connectivity index (χ2n) is 5.32. The van der Waals surface area contributed by atoms with E-state index in [2.05, 4.69) is 5.32 Å². The number of carbonyl (C=O) groups excluding carboxylic acids is 1. The first kappa shape index (κ1) is 14.1. The fourth-order valence-corrected chi connectivity index (χ4v) is 2.31. The fourth-order valence-electron chi connectivity index (χ4n) is 2.31. The van der Waals surface area contributed by atoms with E-state index in [1.807, 2.05) is 31.2 Å². The average molecular weight is 296 g/mol. The predicted molar refractivity (Wildman–Crippen MR) is 85.0 cm³/mol. The molecule has 1 amide bonds. The smallest absolute Gasteiger partial charge is 0.408 e. The van der Waals surface area contributed by atoms with E-state index in [0.29, 0.717) is 23.2 Å². The molecule has 0 saturated heterocycles. The Morgan fingerprint density at radius 3 is 2.64 bits per heavy atom. The minimum Gasteiger partial charge on any atom is -0.408 e. The molecule has 1 N–H and O–H groups in total. The molecule has 0 fully saturated rings. The van der Waals surface area contributed by atoms with Gasteiger partial charge < -0.3 is 9.73 Å². The number of anilines is 1. The molecule has 2 aromatic carbocycles. The lowest BCUT2D eigenvalue weighted by molar-refractivity contribution is -0.115. The first-order chi connectivity index (χ1) is 10.5. The molecule has 112 valence electrons. The summed E-state index contributed by atoms with van der Waals surface area (Å²) in [5.74, 6) is -0.528. The Labute approximate surface area is 127 Å². The highest BCUT2D eigenvalue weighted by Gasteiger charge is 2.08. The van der Waals surface area contributed by atoms with E-state index < -0.39 is 5.76 Å². The molecule has 0 atom stereocenters. The van der Waals surface area contributed by atoms with E-state index in [4.69, 9.17) is 4.42 Å². The van der Waals surface area contributed by atoms with Crippen LogP contribution in [0.5, 0.6) is 0 Å². The van der Waals surface area contributed by atoms with Gasteiger partial charge in [0.05, 0.1) is 11.9 Å². The topological polar surface area (TPSA) is 64.2 Å². The summed E-state index contributed by atoms with van der Waals surface area (Å²) in [7, 11) is 1.64. The Morgan fingerprint density at radius 1 is 1.18 bits per heavy atom. The van der Waals surface area contributed by atoms with Crippen LogP contribution in [0, 0.1) is 6.92 Å². The molecule has 0 spiro atoms. The van der Waals surface area contributed by atoms with E-state index in [-0.39, 0.29) is 5.91 Å². The zero-order chi connectivity index (χ0) is 15.7. The van der Waals surface area contributed by atoms with Crippen LogP contribution < -0.4 is 11.1 Å². The summed E-state index contributed by atoms with van der Waals surface area (Å²) < 4.78 is 6.53. The molecular weight excluding hydrogens is 280 g/mol. The summed E-state index contributed by atoms with van der Waals surface area (Å²) in [5.41, 5.74) is 3.88. The third-order valence-corrected chi connectivity index (χ3v) is 3.56. The second kappa shape index (κ2) is 5.52. The van der Waals surface area contributed by atoms with Crippen LogP contribution in [0.15, 0.2) is 51.7 Å². The molecule has 3 rings (SSSR count). The molecular formula is C17H16N2O3. The van der Waals surface area contributed by atoms with Gasteiger partial charge in [0.25, 0.3) is 0 Å². The molecule has 22 heavy (non-hydrogen) atoms. The van der Waals surface area contributed by atoms with Crippen molar-refractivity contribution in [1.82, 2.24) is 4.57 Å². The van der Waals surface area contributed by atoms with Crippen molar-refractivity contribution in [2.24, 2.45) is 7.05 Å². The number of aryl methyl sites for hydroxylation is 2. The molecule has 5 nitrogen and oxygen atoms in total. The molecule has 1 heterocycles. The lowest BCUT2D eigenvalue weighted by Gasteiger charge is -2.05. The fraction of sp³-hybridized carbons (Fsp3) is 0.176. The molecule has 0 saturated carbocycles. The number of nitrogens with zero attached hydrogens (tertiary/aromatic N) is 1. The van der Waals surface area contributed by atoms with Gasteiger partial charge in [0.2, 0.25) is 5.91 Å². The lowest BCUT2D eigenvalue weighted by Crippen LogP contribution is -2.14. The zero-order valence-electron chi connectivity index (χ0n) is 12.4. The lowest BCUT2D eigenvalue weighted by atomic mass is 10.1. The van der Waals surface area contributed by atoms with Crippen LogP contribution >= 0.6 is 0 Å². The quantitative estimate of drug-likeness (QED) is 0.808. The minimum atomic E-state index is -0.418. The largest absolute Gasteiger partial charge is 0.419 e. The van der Waals surface area contributed by atoms with Gasteiger partial charge in [0.1, 0.15) is 0 Å². The van der Waals surface area contributed by atoms with Crippen LogP contribution in [-0.4, -0.2) is 10.5 Å². The van der Waals surface area contributed by atoms with E-state index in [1.165, 1.54) is 4.57 Å². The van der Waals surface area contributed by atoms with Crippen molar-refractivity contribution >= 4 is 22.7 Å². The second-order valence-corrected chi connectivity index (χ2v) is 5.32. The Balaban J connectivity index is 1.76. The summed E-state index contributed by atoms with van der Waals surface area (Å²) in [6.07, 6.45) is 0.303. The van der Waals surface area contributed by atoms with Crippen molar-refractivity contribution in [2.45, 2.75) is 13.3 Å². The van der Waals surface area contributed by atoms with Crippen LogP contribution in [0.1, 0.15) is 11.1 Å². The number of rotatable bonds is 3. The maximum absolute atomic E-state index is 12.1. The minimum absolute atomic E-state index is 0.110. The van der Waals surface area contributed by atoms with Gasteiger partial charge in [-0.15, -0.1) is 0 Å². The van der Waals surface area contributed by atoms with Crippen molar-refractivity contribution in [3.8, 4) is 0 Å². The van der Waals surface area contributed by atoms with Crippen LogP contribution in [0.25, 0.3) is 11.1 Å². The Morgan fingerprint density at radius 2 is 1.91 bits per heavy atom. The van der Waals surface area contributed by atoms with Gasteiger partial charge in [-0.1, -0.05) is 29.8 Å². The summed E-state index contributed by atoms with van der Waals surface area (Å²) in [5, 5.41) is 2.82. The number of benzene rings is 2. The van der Waals surface area contributed by atoms with Crippen molar-refractivity contribution in [2.75, 3.05) is 5.32 Å². The zero-order valence-corrected chi connectivity index (χ0v) is 12.4. The molecule has 0 aliphatic heterocycles. The van der Waals surface area contributed by atoms with Gasteiger partial charge >= 0.3 is 5.76 Å². The number of aromatic nitrogens is 1. The number of hydrogen-bond acceptors (Lipinski definition) is 3. The number of oxazole rings is 1.